The Hall–Kier alpha value is -1.63. The average Bonchev–Trinajstić information content (AvgIpc) is 2.60. The van der Waals surface area contributed by atoms with Gasteiger partial charge in [-0.25, -0.2) is 0 Å². The summed E-state index contributed by atoms with van der Waals surface area (Å²) in [5.41, 5.74) is 1.25. The minimum atomic E-state index is -0.0697. The highest BCUT2D eigenvalue weighted by Crippen LogP contribution is 2.20. The van der Waals surface area contributed by atoms with E-state index in [1.807, 2.05) is 13.1 Å². The molecule has 2 amide bonds. The summed E-state index contributed by atoms with van der Waals surface area (Å²) in [7, 11) is 5.42. The van der Waals surface area contributed by atoms with Crippen LogP contribution in [0.3, 0.4) is 0 Å². The fourth-order valence-corrected chi connectivity index (χ4v) is 3.17. The predicted molar refractivity (Wildman–Crippen MR) is 108 cm³/mol. The summed E-state index contributed by atoms with van der Waals surface area (Å²) < 4.78 is 0. The third-order valence-corrected chi connectivity index (χ3v) is 4.68. The van der Waals surface area contributed by atoms with Crippen LogP contribution in [0.15, 0.2) is 24.3 Å². The second-order valence-electron chi connectivity index (χ2n) is 6.94. The number of piperidine rings is 1. The van der Waals surface area contributed by atoms with Gasteiger partial charge >= 0.3 is 0 Å². The van der Waals surface area contributed by atoms with E-state index >= 15 is 0 Å². The van der Waals surface area contributed by atoms with Crippen molar-refractivity contribution < 1.29 is 9.59 Å². The largest absolute Gasteiger partial charge is 0.345 e. The molecule has 0 radical (unpaired) electrons. The van der Waals surface area contributed by atoms with Crippen LogP contribution in [-0.4, -0.2) is 68.9 Å². The topological polar surface area (TPSA) is 64.7 Å². The first kappa shape index (κ1) is 22.4. The number of nitrogens with one attached hydrogen (secondary N) is 2. The molecular formula is C19H31ClN4O2. The molecule has 0 spiro atoms. The monoisotopic (exact) mass is 382 g/mol. The first-order valence-corrected chi connectivity index (χ1v) is 8.98. The maximum Gasteiger partial charge on any atom is 0.253 e. The van der Waals surface area contributed by atoms with Crippen molar-refractivity contribution in [3.63, 3.8) is 0 Å². The first-order chi connectivity index (χ1) is 12.0. The number of amides is 2. The van der Waals surface area contributed by atoms with E-state index in [1.54, 1.807) is 32.3 Å². The summed E-state index contributed by atoms with van der Waals surface area (Å²) in [6.45, 7) is 3.42. The van der Waals surface area contributed by atoms with E-state index in [9.17, 15) is 9.59 Å². The van der Waals surface area contributed by atoms with E-state index in [-0.39, 0.29) is 24.2 Å². The van der Waals surface area contributed by atoms with Crippen LogP contribution in [0, 0.1) is 5.92 Å². The van der Waals surface area contributed by atoms with Crippen LogP contribution in [0.1, 0.15) is 29.6 Å². The van der Waals surface area contributed by atoms with Gasteiger partial charge in [0, 0.05) is 25.3 Å². The molecule has 2 rings (SSSR count). The van der Waals surface area contributed by atoms with Gasteiger partial charge in [-0.15, -0.1) is 12.4 Å². The molecule has 1 heterocycles. The normalized spacial score (nSPS) is 15.2. The summed E-state index contributed by atoms with van der Waals surface area (Å²) in [6.07, 6.45) is 3.52. The Morgan fingerprint density at radius 1 is 1.23 bits per heavy atom. The van der Waals surface area contributed by atoms with Crippen LogP contribution in [0.2, 0.25) is 0 Å². The van der Waals surface area contributed by atoms with Crippen molar-refractivity contribution in [1.82, 2.24) is 15.1 Å². The Morgan fingerprint density at radius 2 is 1.92 bits per heavy atom. The van der Waals surface area contributed by atoms with Gasteiger partial charge < -0.3 is 15.5 Å². The maximum absolute atomic E-state index is 12.3. The SMILES string of the molecule is CNCCC1CCN(CC(=O)Nc2cccc(C(=O)N(C)C)c2)CC1.Cl. The first-order valence-electron chi connectivity index (χ1n) is 8.98. The molecule has 0 bridgehead atoms. The quantitative estimate of drug-likeness (QED) is 0.757. The minimum absolute atomic E-state index is 0. The van der Waals surface area contributed by atoms with Gasteiger partial charge in [-0.2, -0.15) is 0 Å². The predicted octanol–water partition coefficient (Wildman–Crippen LogP) is 2.07. The van der Waals surface area contributed by atoms with Crippen molar-refractivity contribution in [2.45, 2.75) is 19.3 Å². The Kier molecular flexibility index (Phi) is 9.62. The lowest BCUT2D eigenvalue weighted by Gasteiger charge is -2.31. The lowest BCUT2D eigenvalue weighted by atomic mass is 9.93. The molecule has 7 heteroatoms. The molecule has 146 valence electrons. The number of benzene rings is 1. The van der Waals surface area contributed by atoms with Crippen molar-refractivity contribution >= 4 is 29.9 Å². The maximum atomic E-state index is 12.3. The average molecular weight is 383 g/mol. The Labute approximate surface area is 162 Å². The molecule has 1 fully saturated rings. The van der Waals surface area contributed by atoms with Crippen LogP contribution < -0.4 is 10.6 Å². The number of nitrogens with zero attached hydrogens (tertiary/aromatic N) is 2. The molecule has 26 heavy (non-hydrogen) atoms. The number of rotatable bonds is 7. The highest BCUT2D eigenvalue weighted by Gasteiger charge is 2.20. The molecule has 0 aromatic heterocycles. The van der Waals surface area contributed by atoms with E-state index in [4.69, 9.17) is 0 Å². The van der Waals surface area contributed by atoms with Gasteiger partial charge in [0.25, 0.3) is 5.91 Å². The molecule has 1 aromatic rings. The zero-order valence-electron chi connectivity index (χ0n) is 16.0. The Morgan fingerprint density at radius 3 is 2.54 bits per heavy atom. The summed E-state index contributed by atoms with van der Waals surface area (Å²) in [6, 6.07) is 7.09. The number of likely N-dealkylation sites (tertiary alicyclic amines) is 1. The van der Waals surface area contributed by atoms with Crippen molar-refractivity contribution in [2.24, 2.45) is 5.92 Å². The Bertz CT molecular complexity index is 587. The van der Waals surface area contributed by atoms with Crippen molar-refractivity contribution in [3.05, 3.63) is 29.8 Å². The molecule has 0 atom stereocenters. The fourth-order valence-electron chi connectivity index (χ4n) is 3.17. The van der Waals surface area contributed by atoms with E-state index in [1.165, 1.54) is 11.3 Å². The molecular weight excluding hydrogens is 352 g/mol. The molecule has 0 unspecified atom stereocenters. The molecule has 6 nitrogen and oxygen atoms in total. The van der Waals surface area contributed by atoms with Gasteiger partial charge in [0.05, 0.1) is 6.54 Å². The van der Waals surface area contributed by atoms with Crippen LogP contribution in [-0.2, 0) is 4.79 Å². The highest BCUT2D eigenvalue weighted by molar-refractivity contribution is 5.97. The standard InChI is InChI=1S/C19H30N4O2.ClH/c1-20-10-7-15-8-11-23(12-9-15)14-18(24)21-17-6-4-5-16(13-17)19(25)22(2)3;/h4-6,13,15,20H,7-12,14H2,1-3H3,(H,21,24);1H. The van der Waals surface area contributed by atoms with Gasteiger partial charge in [0.1, 0.15) is 0 Å². The van der Waals surface area contributed by atoms with E-state index in [2.05, 4.69) is 15.5 Å². The molecule has 0 saturated carbocycles. The Balaban J connectivity index is 0.00000338. The number of hydrogen-bond donors (Lipinski definition) is 2. The summed E-state index contributed by atoms with van der Waals surface area (Å²) in [5, 5.41) is 6.11. The second-order valence-corrected chi connectivity index (χ2v) is 6.94. The number of carbonyl (C=O) groups is 2. The van der Waals surface area contributed by atoms with E-state index < -0.39 is 0 Å². The van der Waals surface area contributed by atoms with Crippen LogP contribution in [0.25, 0.3) is 0 Å². The van der Waals surface area contributed by atoms with E-state index in [0.29, 0.717) is 17.8 Å². The fraction of sp³-hybridized carbons (Fsp3) is 0.579. The van der Waals surface area contributed by atoms with Crippen molar-refractivity contribution in [2.75, 3.05) is 52.6 Å². The van der Waals surface area contributed by atoms with Gasteiger partial charge in [0.2, 0.25) is 5.91 Å². The van der Waals surface area contributed by atoms with Gasteiger partial charge in [-0.3, -0.25) is 14.5 Å². The number of anilines is 1. The van der Waals surface area contributed by atoms with Gasteiger partial charge in [0.15, 0.2) is 0 Å². The smallest absolute Gasteiger partial charge is 0.253 e. The van der Waals surface area contributed by atoms with Crippen molar-refractivity contribution in [1.29, 1.82) is 0 Å². The van der Waals surface area contributed by atoms with Crippen LogP contribution in [0.5, 0.6) is 0 Å². The third-order valence-electron chi connectivity index (χ3n) is 4.68. The molecule has 2 N–H and O–H groups in total. The van der Waals surface area contributed by atoms with Gasteiger partial charge in [-0.05, 0) is 70.1 Å². The number of carbonyl (C=O) groups excluding carboxylic acids is 2. The molecule has 1 saturated heterocycles. The summed E-state index contributed by atoms with van der Waals surface area (Å²) in [4.78, 5) is 28.0. The molecule has 0 aliphatic carbocycles. The zero-order valence-corrected chi connectivity index (χ0v) is 16.8. The lowest BCUT2D eigenvalue weighted by molar-refractivity contribution is -0.117. The molecule has 1 aromatic carbocycles. The molecule has 1 aliphatic heterocycles. The van der Waals surface area contributed by atoms with Crippen molar-refractivity contribution in [3.8, 4) is 0 Å². The van der Waals surface area contributed by atoms with E-state index in [0.717, 1.165) is 38.4 Å². The zero-order chi connectivity index (χ0) is 18.2. The number of halogens is 1. The van der Waals surface area contributed by atoms with Crippen LogP contribution >= 0.6 is 12.4 Å². The number of hydrogen-bond acceptors (Lipinski definition) is 4. The van der Waals surface area contributed by atoms with Gasteiger partial charge in [-0.1, -0.05) is 6.07 Å². The lowest BCUT2D eigenvalue weighted by Crippen LogP contribution is -2.39. The molecule has 1 aliphatic rings. The minimum Gasteiger partial charge on any atom is -0.345 e. The highest BCUT2D eigenvalue weighted by atomic mass is 35.5. The summed E-state index contributed by atoms with van der Waals surface area (Å²) >= 11 is 0. The van der Waals surface area contributed by atoms with Crippen LogP contribution in [0.4, 0.5) is 5.69 Å². The third kappa shape index (κ3) is 6.94. The second kappa shape index (κ2) is 11.2. The summed E-state index contributed by atoms with van der Waals surface area (Å²) in [5.74, 6) is 0.670.